The predicted octanol–water partition coefficient (Wildman–Crippen LogP) is 3.89. The van der Waals surface area contributed by atoms with E-state index in [0.717, 1.165) is 19.4 Å². The summed E-state index contributed by atoms with van der Waals surface area (Å²) < 4.78 is 21.7. The van der Waals surface area contributed by atoms with E-state index in [-0.39, 0.29) is 24.8 Å². The van der Waals surface area contributed by atoms with Gasteiger partial charge in [0.1, 0.15) is 0 Å². The summed E-state index contributed by atoms with van der Waals surface area (Å²) in [4.78, 5) is 0. The van der Waals surface area contributed by atoms with Gasteiger partial charge in [-0.3, -0.25) is 0 Å². The van der Waals surface area contributed by atoms with Crippen LogP contribution in [0.15, 0.2) is 43.0 Å². The van der Waals surface area contributed by atoms with E-state index in [1.807, 2.05) is 41.9 Å². The number of halogens is 2. The molecule has 19 heavy (non-hydrogen) atoms. The second kappa shape index (κ2) is 7.29. The van der Waals surface area contributed by atoms with E-state index in [1.165, 1.54) is 0 Å². The third-order valence-electron chi connectivity index (χ3n) is 3.76. The van der Waals surface area contributed by atoms with E-state index in [1.54, 1.807) is 0 Å². The van der Waals surface area contributed by atoms with Crippen molar-refractivity contribution in [1.29, 1.82) is 0 Å². The first-order valence-corrected chi connectivity index (χ1v) is 12.2. The Morgan fingerprint density at radius 3 is 1.89 bits per heavy atom. The molecule has 0 aromatic rings. The minimum absolute atomic E-state index is 0. The van der Waals surface area contributed by atoms with Gasteiger partial charge in [0.25, 0.3) is 0 Å². The molecule has 0 aliphatic heterocycles. The minimum atomic E-state index is -4.44. The van der Waals surface area contributed by atoms with Gasteiger partial charge in [-0.2, -0.15) is 0 Å². The Hall–Kier alpha value is 0.213. The summed E-state index contributed by atoms with van der Waals surface area (Å²) in [6, 6.07) is 0. The summed E-state index contributed by atoms with van der Waals surface area (Å²) in [5, 5.41) is 0. The molecule has 0 amide bonds. The van der Waals surface area contributed by atoms with Gasteiger partial charge in [0.05, 0.1) is 0 Å². The summed E-state index contributed by atoms with van der Waals surface area (Å²) in [5.74, 6) is 0. The van der Waals surface area contributed by atoms with Gasteiger partial charge in [0.15, 0.2) is 0 Å². The van der Waals surface area contributed by atoms with E-state index in [4.69, 9.17) is 2.81 Å². The normalized spacial score (nSPS) is 17.5. The van der Waals surface area contributed by atoms with Crippen LogP contribution < -0.4 is 0 Å². The van der Waals surface area contributed by atoms with Crippen LogP contribution in [0, 0.1) is 0 Å². The molecule has 0 fully saturated rings. The van der Waals surface area contributed by atoms with Gasteiger partial charge in [0.2, 0.25) is 0 Å². The summed E-state index contributed by atoms with van der Waals surface area (Å²) in [7, 11) is 0. The summed E-state index contributed by atoms with van der Waals surface area (Å²) in [6.45, 7) is 4.46. The molecule has 0 heterocycles. The molecule has 0 unspecified atom stereocenters. The first kappa shape index (κ1) is 19.2. The van der Waals surface area contributed by atoms with E-state index >= 15 is 0 Å². The van der Waals surface area contributed by atoms with Crippen LogP contribution in [-0.4, -0.2) is 13.5 Å². The molecule has 0 spiro atoms. The van der Waals surface area contributed by atoms with Crippen LogP contribution in [0.3, 0.4) is 0 Å². The standard InChI is InChI=1S/2C5H5.C2H5O.C2H4.2ClH.H2O.Zr/c2*1-2-4-5-3-1;1-2-3;1-2;;;;/h2*1-3H,4H2;2H2,1H3;1H,2H3;2*1H;1H2;/q;;-1;;;;;+2/p-1. The van der Waals surface area contributed by atoms with Crippen LogP contribution in [0.2, 0.25) is 0 Å². The average molecular weight is 384 g/mol. The number of hydrogen-bond donors (Lipinski definition) is 1. The molecule has 0 bridgehead atoms. The average Bonchev–Trinajstić information content (AvgIpc) is 3.02. The molecular weight excluding hydrogens is 362 g/mol. The quantitative estimate of drug-likeness (QED) is 0.797. The second-order valence-corrected chi connectivity index (χ2v) is 15.6. The van der Waals surface area contributed by atoms with Crippen molar-refractivity contribution in [3.05, 3.63) is 43.0 Å². The fourth-order valence-corrected chi connectivity index (χ4v) is 12.9. The maximum absolute atomic E-state index is 11.5. The largest absolute Gasteiger partial charge is 0.147 e. The van der Waals surface area contributed by atoms with E-state index in [2.05, 4.69) is 12.2 Å². The van der Waals surface area contributed by atoms with Crippen LogP contribution in [0.1, 0.15) is 26.7 Å². The molecule has 1 N–H and O–H groups in total. The van der Waals surface area contributed by atoms with Crippen molar-refractivity contribution in [1.82, 2.24) is 0 Å². The summed E-state index contributed by atoms with van der Waals surface area (Å²) in [6.07, 6.45) is 13.9. The zero-order valence-electron chi connectivity index (χ0n) is 11.3. The van der Waals surface area contributed by atoms with Crippen LogP contribution >= 0.6 is 24.8 Å². The van der Waals surface area contributed by atoms with Gasteiger partial charge in [-0.15, -0.1) is 24.8 Å². The van der Waals surface area contributed by atoms with Crippen LogP contribution in [0.4, 0.5) is 0 Å². The fourth-order valence-electron chi connectivity index (χ4n) is 2.75. The Kier molecular flexibility index (Phi) is 7.37. The topological polar surface area (TPSA) is 29.5 Å². The minimum Gasteiger partial charge on any atom is -0.147 e. The Balaban J connectivity index is 0.00000162. The van der Waals surface area contributed by atoms with Crippen molar-refractivity contribution >= 4 is 28.5 Å². The molecule has 0 saturated carbocycles. The van der Waals surface area contributed by atoms with Gasteiger partial charge < -0.3 is 0 Å². The Morgan fingerprint density at radius 1 is 1.16 bits per heavy atom. The molecule has 0 aromatic carbocycles. The van der Waals surface area contributed by atoms with Gasteiger partial charge in [-0.1, -0.05) is 0 Å². The van der Waals surface area contributed by atoms with Crippen molar-refractivity contribution in [2.45, 2.75) is 26.7 Å². The molecule has 5 heteroatoms. The molecule has 0 saturated heterocycles. The van der Waals surface area contributed by atoms with Crippen molar-refractivity contribution in [2.75, 3.05) is 6.61 Å². The number of hydrogen-bond acceptors (Lipinski definition) is 2. The van der Waals surface area contributed by atoms with E-state index in [9.17, 15) is 3.18 Å². The smallest absolute Gasteiger partial charge is 0.147 e. The molecule has 0 atom stereocenters. The number of rotatable bonds is 4. The predicted molar refractivity (Wildman–Crippen MR) is 83.8 cm³/mol. The molecule has 2 rings (SSSR count). The van der Waals surface area contributed by atoms with Crippen LogP contribution in [-0.2, 0) is 22.0 Å². The molecule has 2 aliphatic rings. The molecule has 0 radical (unpaired) electrons. The zero-order chi connectivity index (χ0) is 12.4. The molecule has 2 aliphatic carbocycles. The summed E-state index contributed by atoms with van der Waals surface area (Å²) >= 11 is -4.44. The molecule has 0 aromatic heterocycles. The molecular formula is C14H22Cl2O2Zr. The zero-order valence-corrected chi connectivity index (χ0v) is 15.4. The fraction of sp³-hybridized carbons (Fsp3) is 0.357. The van der Waals surface area contributed by atoms with E-state index in [0.29, 0.717) is 6.61 Å². The third kappa shape index (κ3) is 3.11. The molecule has 2 nitrogen and oxygen atoms in total. The SMILES string of the molecule is C[CH]=[Zr]([OH])([O]CC)([C]1=CC=CC1)[C]1=CC=CC1.Cl.Cl. The van der Waals surface area contributed by atoms with Crippen molar-refractivity contribution in [3.8, 4) is 0 Å². The maximum Gasteiger partial charge on any atom is -0.147 e. The Morgan fingerprint density at radius 2 is 1.63 bits per heavy atom. The van der Waals surface area contributed by atoms with Gasteiger partial charge in [-0.25, -0.2) is 0 Å². The third-order valence-corrected chi connectivity index (χ3v) is 16.5. The first-order valence-electron chi connectivity index (χ1n) is 6.22. The van der Waals surface area contributed by atoms with Gasteiger partial charge in [-0.05, 0) is 0 Å². The number of allylic oxidation sites excluding steroid dienone is 8. The van der Waals surface area contributed by atoms with Crippen LogP contribution in [0.25, 0.3) is 0 Å². The van der Waals surface area contributed by atoms with Gasteiger partial charge >= 0.3 is 105 Å². The maximum atomic E-state index is 11.5. The monoisotopic (exact) mass is 382 g/mol. The van der Waals surface area contributed by atoms with Crippen molar-refractivity contribution in [2.24, 2.45) is 0 Å². The molecule has 108 valence electrons. The Bertz CT molecular complexity index is 480. The first-order chi connectivity index (χ1) is 8.14. The van der Waals surface area contributed by atoms with Crippen molar-refractivity contribution in [3.63, 3.8) is 0 Å². The van der Waals surface area contributed by atoms with Gasteiger partial charge in [0, 0.05) is 0 Å². The van der Waals surface area contributed by atoms with Crippen molar-refractivity contribution < 1.29 is 25.2 Å². The summed E-state index contributed by atoms with van der Waals surface area (Å²) in [5.41, 5.74) is 0. The van der Waals surface area contributed by atoms with E-state index < -0.39 is 19.2 Å². The second-order valence-electron chi connectivity index (χ2n) is 4.55. The Labute approximate surface area is 129 Å². The van der Waals surface area contributed by atoms with Crippen LogP contribution in [0.5, 0.6) is 0 Å².